The third-order valence-electron chi connectivity index (χ3n) is 5.30. The Morgan fingerprint density at radius 2 is 2.18 bits per heavy atom. The molecule has 2 unspecified atom stereocenters. The van der Waals surface area contributed by atoms with Crippen molar-refractivity contribution in [3.8, 4) is 0 Å². The van der Waals surface area contributed by atoms with E-state index in [9.17, 15) is 4.39 Å². The minimum atomic E-state index is -0.137. The van der Waals surface area contributed by atoms with Gasteiger partial charge in [0.1, 0.15) is 5.82 Å². The van der Waals surface area contributed by atoms with E-state index in [-0.39, 0.29) is 5.82 Å². The number of halogens is 1. The van der Waals surface area contributed by atoms with Crippen molar-refractivity contribution in [1.82, 2.24) is 4.90 Å². The molecule has 2 aromatic rings. The van der Waals surface area contributed by atoms with Gasteiger partial charge in [-0.25, -0.2) is 4.39 Å². The van der Waals surface area contributed by atoms with E-state index in [0.29, 0.717) is 5.41 Å². The highest BCUT2D eigenvalue weighted by atomic mass is 32.1. The molecular formula is C19H22FNS. The number of hydrogen-bond acceptors (Lipinski definition) is 2. The molecule has 1 aromatic heterocycles. The van der Waals surface area contributed by atoms with Crippen LogP contribution in [0, 0.1) is 17.2 Å². The van der Waals surface area contributed by atoms with Crippen molar-refractivity contribution in [2.75, 3.05) is 20.6 Å². The summed E-state index contributed by atoms with van der Waals surface area (Å²) < 4.78 is 14.5. The zero-order valence-electron chi connectivity index (χ0n) is 13.2. The molecule has 0 spiro atoms. The maximum Gasteiger partial charge on any atom is 0.124 e. The molecule has 2 aliphatic carbocycles. The maximum atomic E-state index is 13.5. The lowest BCUT2D eigenvalue weighted by atomic mass is 9.73. The lowest BCUT2D eigenvalue weighted by Gasteiger charge is -2.37. The number of benzene rings is 1. The van der Waals surface area contributed by atoms with Gasteiger partial charge in [0.2, 0.25) is 0 Å². The molecule has 0 amide bonds. The summed E-state index contributed by atoms with van der Waals surface area (Å²) in [6, 6.07) is 7.41. The van der Waals surface area contributed by atoms with E-state index in [2.05, 4.69) is 31.1 Å². The minimum absolute atomic E-state index is 0.137. The summed E-state index contributed by atoms with van der Waals surface area (Å²) >= 11 is 1.75. The second kappa shape index (κ2) is 5.17. The van der Waals surface area contributed by atoms with Crippen LogP contribution in [0.1, 0.15) is 30.6 Å². The monoisotopic (exact) mass is 315 g/mol. The van der Waals surface area contributed by atoms with Gasteiger partial charge in [-0.05, 0) is 74.9 Å². The summed E-state index contributed by atoms with van der Waals surface area (Å²) in [5, 5.41) is 1.17. The van der Waals surface area contributed by atoms with Crippen molar-refractivity contribution in [2.45, 2.75) is 25.7 Å². The van der Waals surface area contributed by atoms with Gasteiger partial charge in [0, 0.05) is 21.5 Å². The zero-order valence-corrected chi connectivity index (χ0v) is 14.0. The molecule has 4 rings (SSSR count). The molecule has 116 valence electrons. The van der Waals surface area contributed by atoms with Gasteiger partial charge >= 0.3 is 0 Å². The summed E-state index contributed by atoms with van der Waals surface area (Å²) in [6.07, 6.45) is 7.66. The molecular weight excluding hydrogens is 293 g/mol. The summed E-state index contributed by atoms with van der Waals surface area (Å²) in [6.45, 7) is 1.12. The first-order chi connectivity index (χ1) is 10.6. The molecule has 2 atom stereocenters. The predicted molar refractivity (Wildman–Crippen MR) is 92.7 cm³/mol. The van der Waals surface area contributed by atoms with E-state index < -0.39 is 0 Å². The molecule has 1 heterocycles. The third-order valence-corrected chi connectivity index (χ3v) is 6.43. The third kappa shape index (κ3) is 2.31. The topological polar surface area (TPSA) is 3.24 Å². The molecule has 1 aromatic carbocycles. The molecule has 1 saturated carbocycles. The summed E-state index contributed by atoms with van der Waals surface area (Å²) in [7, 11) is 4.35. The molecule has 0 saturated heterocycles. The van der Waals surface area contributed by atoms with Crippen LogP contribution < -0.4 is 0 Å². The first-order valence-corrected chi connectivity index (χ1v) is 8.92. The van der Waals surface area contributed by atoms with Crippen molar-refractivity contribution < 1.29 is 4.39 Å². The molecule has 1 nitrogen and oxygen atoms in total. The van der Waals surface area contributed by atoms with Crippen LogP contribution in [0.5, 0.6) is 0 Å². The van der Waals surface area contributed by atoms with E-state index in [1.165, 1.54) is 41.5 Å². The number of rotatable bonds is 3. The fourth-order valence-electron chi connectivity index (χ4n) is 4.52. The Hall–Kier alpha value is -1.19. The number of thiophene rings is 1. The van der Waals surface area contributed by atoms with Gasteiger partial charge in [0.15, 0.2) is 0 Å². The molecule has 2 bridgehead atoms. The van der Waals surface area contributed by atoms with Crippen LogP contribution in [0.15, 0.2) is 30.3 Å². The summed E-state index contributed by atoms with van der Waals surface area (Å²) in [5.41, 5.74) is 1.84. The summed E-state index contributed by atoms with van der Waals surface area (Å²) in [5.74, 6) is 0.734. The Bertz CT molecular complexity index is 745. The van der Waals surface area contributed by atoms with Gasteiger partial charge < -0.3 is 4.90 Å². The van der Waals surface area contributed by atoms with Crippen LogP contribution in [0.4, 0.5) is 4.39 Å². The predicted octanol–water partition coefficient (Wildman–Crippen LogP) is 5.18. The Kier molecular flexibility index (Phi) is 3.39. The highest BCUT2D eigenvalue weighted by Crippen LogP contribution is 2.56. The number of nitrogens with zero attached hydrogens (tertiary/aromatic N) is 1. The first-order valence-electron chi connectivity index (χ1n) is 8.11. The number of allylic oxidation sites excluding steroid dienone is 1. The largest absolute Gasteiger partial charge is 0.309 e. The average molecular weight is 315 g/mol. The molecule has 3 heteroatoms. The van der Waals surface area contributed by atoms with Crippen LogP contribution in [0.2, 0.25) is 0 Å². The van der Waals surface area contributed by atoms with Crippen molar-refractivity contribution in [2.24, 2.45) is 11.3 Å². The SMILES string of the molecule is CN(C)CC12CCC(CC=C1c1cc3ccc(F)cc3s1)C2. The molecule has 22 heavy (non-hydrogen) atoms. The van der Waals surface area contributed by atoms with Crippen LogP contribution in [-0.4, -0.2) is 25.5 Å². The van der Waals surface area contributed by atoms with Crippen LogP contribution in [0.25, 0.3) is 15.7 Å². The van der Waals surface area contributed by atoms with Gasteiger partial charge in [0.05, 0.1) is 0 Å². The van der Waals surface area contributed by atoms with Crippen molar-refractivity contribution in [3.63, 3.8) is 0 Å². The zero-order chi connectivity index (χ0) is 15.3. The van der Waals surface area contributed by atoms with Crippen LogP contribution >= 0.6 is 11.3 Å². The molecule has 0 radical (unpaired) electrons. The van der Waals surface area contributed by atoms with Gasteiger partial charge in [-0.2, -0.15) is 0 Å². The van der Waals surface area contributed by atoms with Crippen molar-refractivity contribution in [1.29, 1.82) is 0 Å². The Balaban J connectivity index is 1.79. The quantitative estimate of drug-likeness (QED) is 0.755. The van der Waals surface area contributed by atoms with E-state index in [1.807, 2.05) is 6.07 Å². The number of fused-ring (bicyclic) bond motifs is 3. The van der Waals surface area contributed by atoms with E-state index in [0.717, 1.165) is 17.2 Å². The lowest BCUT2D eigenvalue weighted by Crippen LogP contribution is -2.34. The van der Waals surface area contributed by atoms with Crippen molar-refractivity contribution in [3.05, 3.63) is 41.0 Å². The van der Waals surface area contributed by atoms with Gasteiger partial charge in [0.25, 0.3) is 0 Å². The lowest BCUT2D eigenvalue weighted by molar-refractivity contribution is 0.255. The van der Waals surface area contributed by atoms with Crippen LogP contribution in [-0.2, 0) is 0 Å². The first kappa shape index (κ1) is 14.4. The average Bonchev–Trinajstić information content (AvgIpc) is 3.00. The summed E-state index contributed by atoms with van der Waals surface area (Å²) in [4.78, 5) is 3.68. The maximum absolute atomic E-state index is 13.5. The smallest absolute Gasteiger partial charge is 0.124 e. The molecule has 0 aliphatic heterocycles. The second-order valence-electron chi connectivity index (χ2n) is 7.27. The molecule has 0 N–H and O–H groups in total. The standard InChI is InChI=1S/C19H22FNS/c1-21(2)12-19-8-7-13(11-19)3-6-16(19)18-9-14-4-5-15(20)10-17(14)22-18/h4-6,9-10,13H,3,7-8,11-12H2,1-2H3. The van der Waals surface area contributed by atoms with E-state index >= 15 is 0 Å². The highest BCUT2D eigenvalue weighted by molar-refractivity contribution is 7.20. The molecule has 2 aliphatic rings. The second-order valence-corrected chi connectivity index (χ2v) is 8.36. The fraction of sp³-hybridized carbons (Fsp3) is 0.474. The Morgan fingerprint density at radius 3 is 3.00 bits per heavy atom. The Labute approximate surface area is 135 Å². The minimum Gasteiger partial charge on any atom is -0.309 e. The fourth-order valence-corrected chi connectivity index (χ4v) is 5.77. The molecule has 1 fully saturated rings. The highest BCUT2D eigenvalue weighted by Gasteiger charge is 2.45. The van der Waals surface area contributed by atoms with E-state index in [1.54, 1.807) is 23.5 Å². The van der Waals surface area contributed by atoms with Gasteiger partial charge in [-0.3, -0.25) is 0 Å². The Morgan fingerprint density at radius 1 is 1.32 bits per heavy atom. The number of hydrogen-bond donors (Lipinski definition) is 0. The van der Waals surface area contributed by atoms with Gasteiger partial charge in [-0.15, -0.1) is 11.3 Å². The van der Waals surface area contributed by atoms with Gasteiger partial charge in [-0.1, -0.05) is 12.1 Å². The van der Waals surface area contributed by atoms with Crippen molar-refractivity contribution >= 4 is 27.0 Å². The van der Waals surface area contributed by atoms with E-state index in [4.69, 9.17) is 0 Å². The normalized spacial score (nSPS) is 27.6. The van der Waals surface area contributed by atoms with Crippen LogP contribution in [0.3, 0.4) is 0 Å².